The smallest absolute Gasteiger partial charge is 0.242 e. The van der Waals surface area contributed by atoms with Crippen molar-refractivity contribution in [2.75, 3.05) is 0 Å². The van der Waals surface area contributed by atoms with Gasteiger partial charge in [0.15, 0.2) is 5.00 Å². The molecule has 0 aliphatic rings. The van der Waals surface area contributed by atoms with Crippen molar-refractivity contribution >= 4 is 21.6 Å². The second-order valence-electron chi connectivity index (χ2n) is 9.45. The van der Waals surface area contributed by atoms with E-state index >= 15 is 0 Å². The molecule has 0 spiro atoms. The van der Waals surface area contributed by atoms with E-state index in [4.69, 9.17) is 17.3 Å². The summed E-state index contributed by atoms with van der Waals surface area (Å²) < 4.78 is 28.7. The predicted molar refractivity (Wildman–Crippen MR) is 154 cm³/mol. The normalized spacial score (nSPS) is 13.4. The molecule has 1 radical (unpaired) electrons. The average Bonchev–Trinajstić information content (AvgIpc) is 2.90. The number of aryl methyl sites for hydroxylation is 2. The van der Waals surface area contributed by atoms with Gasteiger partial charge in [0.05, 0.1) is 10.9 Å². The van der Waals surface area contributed by atoms with Crippen molar-refractivity contribution in [1.29, 1.82) is 0 Å². The number of halogens is 1. The Labute approximate surface area is 245 Å². The van der Waals surface area contributed by atoms with Crippen LogP contribution in [0.5, 0.6) is 0 Å². The van der Waals surface area contributed by atoms with E-state index in [1.807, 2.05) is 43.3 Å². The molecule has 4 aromatic carbocycles. The minimum Gasteiger partial charge on any atom is -0.321 e. The summed E-state index contributed by atoms with van der Waals surface area (Å²) in [6.45, 7) is 8.43. The SMILES string of the molecule is Cc1ccc(C(C)C)cc1.Cc1ccc(S(=O)(=O)N[C@@](Cl)(c2ccccc2)[C@@H](N)c2ccccc2)cc1.[Rh]. The van der Waals surface area contributed by atoms with Crippen LogP contribution in [-0.4, -0.2) is 8.42 Å². The van der Waals surface area contributed by atoms with Gasteiger partial charge in [-0.25, -0.2) is 8.42 Å². The van der Waals surface area contributed by atoms with Crippen molar-refractivity contribution in [2.45, 2.75) is 49.5 Å². The van der Waals surface area contributed by atoms with E-state index in [9.17, 15) is 8.42 Å². The molecule has 0 saturated heterocycles. The summed E-state index contributed by atoms with van der Waals surface area (Å²) in [5.41, 5.74) is 11.5. The van der Waals surface area contributed by atoms with Crippen LogP contribution < -0.4 is 10.5 Å². The molecule has 0 fully saturated rings. The molecule has 38 heavy (non-hydrogen) atoms. The Balaban J connectivity index is 0.000000389. The van der Waals surface area contributed by atoms with Gasteiger partial charge in [-0.2, -0.15) is 4.72 Å². The molecular formula is C31H35ClN2O2RhS. The Morgan fingerprint density at radius 3 is 1.63 bits per heavy atom. The Morgan fingerprint density at radius 2 is 1.16 bits per heavy atom. The first-order valence-electron chi connectivity index (χ1n) is 12.2. The number of hydrogen-bond donors (Lipinski definition) is 2. The number of nitrogens with two attached hydrogens (primary N) is 1. The number of alkyl halides is 1. The molecule has 4 nitrogen and oxygen atoms in total. The Bertz CT molecular complexity index is 1370. The largest absolute Gasteiger partial charge is 0.321 e. The molecule has 0 aliphatic heterocycles. The van der Waals surface area contributed by atoms with Crippen LogP contribution >= 0.6 is 11.6 Å². The molecule has 4 rings (SSSR count). The van der Waals surface area contributed by atoms with E-state index in [1.165, 1.54) is 11.1 Å². The van der Waals surface area contributed by atoms with Gasteiger partial charge < -0.3 is 5.73 Å². The van der Waals surface area contributed by atoms with Crippen molar-refractivity contribution in [3.8, 4) is 0 Å². The van der Waals surface area contributed by atoms with Crippen molar-refractivity contribution in [2.24, 2.45) is 5.73 Å². The molecule has 0 unspecified atom stereocenters. The quantitative estimate of drug-likeness (QED) is 0.128. The minimum absolute atomic E-state index is 0. The topological polar surface area (TPSA) is 72.2 Å². The van der Waals surface area contributed by atoms with Crippen LogP contribution in [0.1, 0.15) is 53.6 Å². The van der Waals surface area contributed by atoms with Crippen LogP contribution in [0.25, 0.3) is 0 Å². The Morgan fingerprint density at radius 1 is 0.711 bits per heavy atom. The zero-order valence-corrected chi connectivity index (χ0v) is 25.3. The molecule has 7 heteroatoms. The minimum atomic E-state index is -3.90. The van der Waals surface area contributed by atoms with Gasteiger partial charge >= 0.3 is 0 Å². The number of nitrogens with one attached hydrogen (secondary N) is 1. The molecule has 0 amide bonds. The van der Waals surface area contributed by atoms with Crippen LogP contribution in [0, 0.1) is 13.8 Å². The summed E-state index contributed by atoms with van der Waals surface area (Å²) in [7, 11) is -3.90. The van der Waals surface area contributed by atoms with Crippen molar-refractivity contribution in [3.05, 3.63) is 137 Å². The molecule has 2 atom stereocenters. The molecule has 0 bridgehead atoms. The fourth-order valence-corrected chi connectivity index (χ4v) is 5.60. The molecule has 0 saturated carbocycles. The Kier molecular flexibility index (Phi) is 11.9. The van der Waals surface area contributed by atoms with Crippen LogP contribution in [0.4, 0.5) is 0 Å². The third-order valence-electron chi connectivity index (χ3n) is 6.14. The summed E-state index contributed by atoms with van der Waals surface area (Å²) in [6, 6.07) is 32.6. The van der Waals surface area contributed by atoms with Crippen molar-refractivity contribution in [1.82, 2.24) is 4.72 Å². The molecular weight excluding hydrogens is 603 g/mol. The van der Waals surface area contributed by atoms with Gasteiger partial charge in [-0.1, -0.05) is 134 Å². The number of sulfonamides is 1. The van der Waals surface area contributed by atoms with Gasteiger partial charge in [0.1, 0.15) is 0 Å². The first kappa shape index (κ1) is 31.9. The first-order valence-corrected chi connectivity index (χ1v) is 14.1. The maximum atomic E-state index is 13.0. The third kappa shape index (κ3) is 8.33. The summed E-state index contributed by atoms with van der Waals surface area (Å²) >= 11 is 6.90. The monoisotopic (exact) mass is 637 g/mol. The summed E-state index contributed by atoms with van der Waals surface area (Å²) in [6.07, 6.45) is 0. The van der Waals surface area contributed by atoms with Crippen LogP contribution in [0.15, 0.2) is 114 Å². The average molecular weight is 638 g/mol. The number of hydrogen-bond acceptors (Lipinski definition) is 3. The fourth-order valence-electron chi connectivity index (χ4n) is 3.80. The molecule has 203 valence electrons. The van der Waals surface area contributed by atoms with E-state index in [2.05, 4.69) is 49.8 Å². The Hall–Kier alpha value is -2.34. The summed E-state index contributed by atoms with van der Waals surface area (Å²) in [5.74, 6) is 0.653. The van der Waals surface area contributed by atoms with Crippen LogP contribution in [0.3, 0.4) is 0 Å². The van der Waals surface area contributed by atoms with Gasteiger partial charge in [0, 0.05) is 19.5 Å². The second-order valence-corrected chi connectivity index (χ2v) is 11.7. The molecule has 4 aromatic rings. The van der Waals surface area contributed by atoms with E-state index in [0.29, 0.717) is 11.5 Å². The van der Waals surface area contributed by atoms with E-state index in [-0.39, 0.29) is 24.4 Å². The first-order chi connectivity index (χ1) is 17.5. The van der Waals surface area contributed by atoms with Gasteiger partial charge in [0.2, 0.25) is 10.0 Å². The van der Waals surface area contributed by atoms with Gasteiger partial charge in [-0.05, 0) is 48.6 Å². The number of rotatable bonds is 7. The zero-order chi connectivity index (χ0) is 27.1. The summed E-state index contributed by atoms with van der Waals surface area (Å²) in [4.78, 5) is -1.42. The van der Waals surface area contributed by atoms with Crippen LogP contribution in [0.2, 0.25) is 0 Å². The fraction of sp³-hybridized carbons (Fsp3) is 0.226. The van der Waals surface area contributed by atoms with Gasteiger partial charge in [-0.15, -0.1) is 0 Å². The standard InChI is InChI=1S/C21H21ClN2O2S.C10H14.Rh/c1-16-12-14-19(15-13-16)27(25,26)24-21(22,18-10-6-3-7-11-18)20(23)17-8-4-2-5-9-17;1-8(2)10-6-4-9(3)5-7-10;/h2-15,20,24H,23H2,1H3;4-8H,1-3H3;/t20-,21-;;/m0../s1. The maximum absolute atomic E-state index is 13.0. The van der Waals surface area contributed by atoms with Gasteiger partial charge in [-0.3, -0.25) is 0 Å². The van der Waals surface area contributed by atoms with Crippen molar-refractivity contribution < 1.29 is 27.9 Å². The van der Waals surface area contributed by atoms with E-state index in [1.54, 1.807) is 48.5 Å². The molecule has 0 heterocycles. The van der Waals surface area contributed by atoms with Crippen molar-refractivity contribution in [3.63, 3.8) is 0 Å². The number of benzene rings is 4. The molecule has 3 N–H and O–H groups in total. The maximum Gasteiger partial charge on any atom is 0.242 e. The zero-order valence-electron chi connectivity index (χ0n) is 22.1. The molecule has 0 aromatic heterocycles. The predicted octanol–water partition coefficient (Wildman–Crippen LogP) is 7.18. The van der Waals surface area contributed by atoms with E-state index < -0.39 is 21.1 Å². The van der Waals surface area contributed by atoms with Gasteiger partial charge in [0.25, 0.3) is 0 Å². The van der Waals surface area contributed by atoms with E-state index in [0.717, 1.165) is 11.1 Å². The second kappa shape index (κ2) is 14.2. The molecule has 0 aliphatic carbocycles. The summed E-state index contributed by atoms with van der Waals surface area (Å²) in [5, 5.41) is 0. The third-order valence-corrected chi connectivity index (χ3v) is 8.28. The van der Waals surface area contributed by atoms with Crippen LogP contribution in [-0.2, 0) is 34.5 Å².